The highest BCUT2D eigenvalue weighted by atomic mass is 16.4. The second kappa shape index (κ2) is 6.63. The van der Waals surface area contributed by atoms with E-state index in [0.717, 1.165) is 28.5 Å². The Morgan fingerprint density at radius 3 is 2.26 bits per heavy atom. The highest BCUT2D eigenvalue weighted by Gasteiger charge is 2.32. The first kappa shape index (κ1) is 19.3. The van der Waals surface area contributed by atoms with Gasteiger partial charge in [0.1, 0.15) is 5.82 Å². The van der Waals surface area contributed by atoms with Crippen molar-refractivity contribution in [2.45, 2.75) is 52.4 Å². The summed E-state index contributed by atoms with van der Waals surface area (Å²) in [5.74, 6) is -0.152. The Balaban J connectivity index is 1.99. The Bertz CT molecular complexity index is 824. The molecule has 0 atom stereocenters. The molecule has 1 saturated heterocycles. The predicted molar refractivity (Wildman–Crippen MR) is 108 cm³/mol. The quantitative estimate of drug-likeness (QED) is 0.878. The van der Waals surface area contributed by atoms with Gasteiger partial charge >= 0.3 is 5.97 Å². The number of nitrogens with zero attached hydrogens (tertiary/aromatic N) is 3. The largest absolute Gasteiger partial charge is 0.481 e. The molecule has 0 radical (unpaired) electrons. The van der Waals surface area contributed by atoms with Gasteiger partial charge in [0.25, 0.3) is 0 Å². The van der Waals surface area contributed by atoms with Crippen LogP contribution in [0.4, 0.5) is 5.69 Å². The second-order valence-electron chi connectivity index (χ2n) is 9.45. The van der Waals surface area contributed by atoms with Crippen molar-refractivity contribution in [3.63, 3.8) is 0 Å². The fraction of sp³-hybridized carbons (Fsp3) is 0.500. The van der Waals surface area contributed by atoms with Crippen LogP contribution in [0.15, 0.2) is 30.3 Å². The van der Waals surface area contributed by atoms with Gasteiger partial charge in [-0.25, -0.2) is 9.97 Å². The minimum Gasteiger partial charge on any atom is -0.481 e. The number of hydrogen-bond donors (Lipinski definition) is 1. The van der Waals surface area contributed by atoms with Crippen LogP contribution in [-0.4, -0.2) is 34.1 Å². The Hall–Kier alpha value is -2.43. The minimum atomic E-state index is -0.720. The Labute approximate surface area is 161 Å². The van der Waals surface area contributed by atoms with E-state index < -0.39 is 5.97 Å². The maximum atomic E-state index is 11.1. The number of aromatic nitrogens is 2. The van der Waals surface area contributed by atoms with Crippen LogP contribution in [0.25, 0.3) is 11.3 Å². The van der Waals surface area contributed by atoms with Crippen molar-refractivity contribution < 1.29 is 9.90 Å². The molecule has 1 aromatic heterocycles. The third kappa shape index (κ3) is 4.12. The van der Waals surface area contributed by atoms with Gasteiger partial charge in [-0.2, -0.15) is 0 Å². The predicted octanol–water partition coefficient (Wildman–Crippen LogP) is 4.26. The van der Waals surface area contributed by atoms with E-state index in [0.29, 0.717) is 13.1 Å². The lowest BCUT2D eigenvalue weighted by molar-refractivity contribution is -0.142. The third-order valence-corrected chi connectivity index (χ3v) is 4.90. The lowest BCUT2D eigenvalue weighted by atomic mass is 9.89. The van der Waals surface area contributed by atoms with Gasteiger partial charge in [-0.3, -0.25) is 4.79 Å². The van der Waals surface area contributed by atoms with Gasteiger partial charge in [-0.15, -0.1) is 0 Å². The van der Waals surface area contributed by atoms with E-state index >= 15 is 0 Å². The van der Waals surface area contributed by atoms with Gasteiger partial charge in [0.05, 0.1) is 17.3 Å². The summed E-state index contributed by atoms with van der Waals surface area (Å²) in [6.45, 7) is 14.0. The molecule has 5 nitrogen and oxygen atoms in total. The average molecular weight is 367 g/mol. The molecule has 0 saturated carbocycles. The third-order valence-electron chi connectivity index (χ3n) is 4.90. The molecular formula is C22H29N3O2. The van der Waals surface area contributed by atoms with Crippen LogP contribution in [0.1, 0.15) is 53.1 Å². The summed E-state index contributed by atoms with van der Waals surface area (Å²) in [7, 11) is 0. The van der Waals surface area contributed by atoms with Gasteiger partial charge in [0.15, 0.2) is 0 Å². The van der Waals surface area contributed by atoms with E-state index in [1.807, 2.05) is 12.1 Å². The summed E-state index contributed by atoms with van der Waals surface area (Å²) in [6, 6.07) is 10.3. The maximum Gasteiger partial charge on any atom is 0.310 e. The normalized spacial score (nSPS) is 15.6. The van der Waals surface area contributed by atoms with Crippen molar-refractivity contribution in [1.82, 2.24) is 9.97 Å². The molecule has 1 aliphatic heterocycles. The highest BCUT2D eigenvalue weighted by Crippen LogP contribution is 2.32. The number of carbonyl (C=O) groups is 1. The summed E-state index contributed by atoms with van der Waals surface area (Å²) in [4.78, 5) is 22.8. The van der Waals surface area contributed by atoms with E-state index in [1.54, 1.807) is 0 Å². The van der Waals surface area contributed by atoms with Crippen molar-refractivity contribution in [3.8, 4) is 11.3 Å². The standard InChI is InChI=1S/C22H29N3O2/c1-21(2,3)18-11-17(23-20(24-18)22(4,5)6)14-8-7-9-16(10-14)25-12-15(13-25)19(26)27/h7-11,15H,12-13H2,1-6H3,(H,26,27). The summed E-state index contributed by atoms with van der Waals surface area (Å²) in [6.07, 6.45) is 0. The summed E-state index contributed by atoms with van der Waals surface area (Å²) in [5, 5.41) is 9.10. The van der Waals surface area contributed by atoms with Gasteiger partial charge in [-0.05, 0) is 18.2 Å². The fourth-order valence-electron chi connectivity index (χ4n) is 3.02. The smallest absolute Gasteiger partial charge is 0.310 e. The molecule has 144 valence electrons. The zero-order chi connectivity index (χ0) is 20.0. The molecule has 2 heterocycles. The highest BCUT2D eigenvalue weighted by molar-refractivity contribution is 5.75. The first-order valence-corrected chi connectivity index (χ1v) is 9.43. The molecule has 27 heavy (non-hydrogen) atoms. The minimum absolute atomic E-state index is 0.0680. The number of hydrogen-bond acceptors (Lipinski definition) is 4. The molecule has 1 aromatic carbocycles. The van der Waals surface area contributed by atoms with Gasteiger partial charge in [0, 0.05) is 35.2 Å². The zero-order valence-electron chi connectivity index (χ0n) is 17.1. The van der Waals surface area contributed by atoms with Crippen LogP contribution in [0.3, 0.4) is 0 Å². The van der Waals surface area contributed by atoms with Gasteiger partial charge in [-0.1, -0.05) is 53.7 Å². The maximum absolute atomic E-state index is 11.1. The number of rotatable bonds is 3. The number of carboxylic acids is 1. The lowest BCUT2D eigenvalue weighted by Gasteiger charge is -2.38. The second-order valence-corrected chi connectivity index (χ2v) is 9.45. The Morgan fingerprint density at radius 1 is 1.04 bits per heavy atom. The summed E-state index contributed by atoms with van der Waals surface area (Å²) < 4.78 is 0. The number of benzene rings is 1. The van der Waals surface area contributed by atoms with E-state index in [4.69, 9.17) is 15.1 Å². The summed E-state index contributed by atoms with van der Waals surface area (Å²) >= 11 is 0. The zero-order valence-corrected chi connectivity index (χ0v) is 17.1. The molecule has 5 heteroatoms. The van der Waals surface area contributed by atoms with Gasteiger partial charge < -0.3 is 10.0 Å². The first-order valence-electron chi connectivity index (χ1n) is 9.43. The van der Waals surface area contributed by atoms with Crippen molar-refractivity contribution in [1.29, 1.82) is 0 Å². The van der Waals surface area contributed by atoms with Crippen molar-refractivity contribution in [3.05, 3.63) is 41.9 Å². The van der Waals surface area contributed by atoms with Crippen molar-refractivity contribution in [2.24, 2.45) is 5.92 Å². The molecule has 0 aliphatic carbocycles. The van der Waals surface area contributed by atoms with E-state index in [2.05, 4.69) is 64.6 Å². The average Bonchev–Trinajstić information content (AvgIpc) is 2.51. The molecule has 0 spiro atoms. The number of aliphatic carboxylic acids is 1. The van der Waals surface area contributed by atoms with E-state index in [9.17, 15) is 4.79 Å². The molecule has 0 bridgehead atoms. The van der Waals surface area contributed by atoms with Crippen LogP contribution in [0.2, 0.25) is 0 Å². The molecular weight excluding hydrogens is 338 g/mol. The van der Waals surface area contributed by atoms with E-state index in [1.165, 1.54) is 0 Å². The fourth-order valence-corrected chi connectivity index (χ4v) is 3.02. The Kier molecular flexibility index (Phi) is 4.74. The van der Waals surface area contributed by atoms with Crippen LogP contribution in [0, 0.1) is 5.92 Å². The number of carboxylic acid groups (broad SMARTS) is 1. The lowest BCUT2D eigenvalue weighted by Crippen LogP contribution is -2.50. The molecule has 1 fully saturated rings. The molecule has 3 rings (SSSR count). The molecule has 1 N–H and O–H groups in total. The molecule has 0 unspecified atom stereocenters. The van der Waals surface area contributed by atoms with Crippen LogP contribution >= 0.6 is 0 Å². The SMILES string of the molecule is CC(C)(C)c1cc(-c2cccc(N3CC(C(=O)O)C3)c2)nc(C(C)(C)C)n1. The van der Waals surface area contributed by atoms with E-state index in [-0.39, 0.29) is 16.7 Å². The topological polar surface area (TPSA) is 66.3 Å². The van der Waals surface area contributed by atoms with Crippen molar-refractivity contribution >= 4 is 11.7 Å². The molecule has 1 aliphatic rings. The number of anilines is 1. The summed E-state index contributed by atoms with van der Waals surface area (Å²) in [5.41, 5.74) is 3.80. The Morgan fingerprint density at radius 2 is 1.70 bits per heavy atom. The molecule has 2 aromatic rings. The van der Waals surface area contributed by atoms with Crippen LogP contribution in [-0.2, 0) is 15.6 Å². The first-order chi connectivity index (χ1) is 12.4. The monoisotopic (exact) mass is 367 g/mol. The molecule has 0 amide bonds. The van der Waals surface area contributed by atoms with Gasteiger partial charge in [0.2, 0.25) is 0 Å². The van der Waals surface area contributed by atoms with Crippen LogP contribution < -0.4 is 4.90 Å². The van der Waals surface area contributed by atoms with Crippen LogP contribution in [0.5, 0.6) is 0 Å². The van der Waals surface area contributed by atoms with Crippen molar-refractivity contribution in [2.75, 3.05) is 18.0 Å².